The van der Waals surface area contributed by atoms with Crippen molar-refractivity contribution >= 4 is 5.91 Å². The second-order valence-corrected chi connectivity index (χ2v) is 6.92. The highest BCUT2D eigenvalue weighted by atomic mass is 16.2. The van der Waals surface area contributed by atoms with Crippen LogP contribution in [-0.4, -0.2) is 38.2 Å². The van der Waals surface area contributed by atoms with Crippen molar-refractivity contribution in [3.05, 3.63) is 29.8 Å². The number of aromatic nitrogens is 4. The van der Waals surface area contributed by atoms with E-state index in [0.717, 1.165) is 17.5 Å². The van der Waals surface area contributed by atoms with Crippen molar-refractivity contribution in [2.45, 2.75) is 46.2 Å². The first-order chi connectivity index (χ1) is 11.3. The van der Waals surface area contributed by atoms with Gasteiger partial charge in [0.25, 0.3) is 0 Å². The Kier molecular flexibility index (Phi) is 5.66. The minimum absolute atomic E-state index is 0.0204. The first-order valence-electron chi connectivity index (χ1n) is 8.17. The van der Waals surface area contributed by atoms with Crippen molar-refractivity contribution in [3.63, 3.8) is 0 Å². The summed E-state index contributed by atoms with van der Waals surface area (Å²) in [6.07, 6.45) is 0.814. The molecule has 7 nitrogen and oxygen atoms in total. The Morgan fingerprint density at radius 1 is 1.33 bits per heavy atom. The fraction of sp³-hybridized carbons (Fsp3) is 0.529. The first kappa shape index (κ1) is 18.1. The summed E-state index contributed by atoms with van der Waals surface area (Å²) in [6.45, 7) is 8.59. The number of rotatable bonds is 7. The van der Waals surface area contributed by atoms with Gasteiger partial charge in [0.1, 0.15) is 6.54 Å². The zero-order chi connectivity index (χ0) is 17.7. The summed E-state index contributed by atoms with van der Waals surface area (Å²) < 4.78 is 0. The lowest BCUT2D eigenvalue weighted by molar-refractivity contribution is -0.124. The van der Waals surface area contributed by atoms with E-state index in [0.29, 0.717) is 18.3 Å². The second-order valence-electron chi connectivity index (χ2n) is 6.92. The molecule has 2 aromatic rings. The summed E-state index contributed by atoms with van der Waals surface area (Å²) in [4.78, 5) is 13.6. The Morgan fingerprint density at radius 2 is 2.00 bits per heavy atom. The molecule has 1 heterocycles. The number of nitrogens with zero attached hydrogens (tertiary/aromatic N) is 4. The molecule has 1 aromatic carbocycles. The third-order valence-corrected chi connectivity index (χ3v) is 3.80. The molecule has 0 aliphatic rings. The summed E-state index contributed by atoms with van der Waals surface area (Å²) in [6, 6.07) is 7.85. The van der Waals surface area contributed by atoms with E-state index in [1.54, 1.807) is 0 Å². The van der Waals surface area contributed by atoms with Gasteiger partial charge >= 0.3 is 0 Å². The standard InChI is InChI=1S/C17H26N6O/c1-12(2)9-17(4,11-18)19-15(24)10-23-21-16(20-22-23)14-7-5-13(3)6-8-14/h5-8,12H,9-11,18H2,1-4H3,(H,19,24). The Labute approximate surface area is 142 Å². The zero-order valence-electron chi connectivity index (χ0n) is 14.8. The highest BCUT2D eigenvalue weighted by Crippen LogP contribution is 2.16. The number of amides is 1. The van der Waals surface area contributed by atoms with E-state index in [4.69, 9.17) is 5.73 Å². The quantitative estimate of drug-likeness (QED) is 0.802. The Morgan fingerprint density at radius 3 is 2.58 bits per heavy atom. The number of carbonyl (C=O) groups excluding carboxylic acids is 1. The molecule has 0 saturated carbocycles. The van der Waals surface area contributed by atoms with Gasteiger partial charge in [0.15, 0.2) is 0 Å². The van der Waals surface area contributed by atoms with Crippen molar-refractivity contribution in [1.29, 1.82) is 0 Å². The van der Waals surface area contributed by atoms with Gasteiger partial charge in [-0.1, -0.05) is 43.7 Å². The monoisotopic (exact) mass is 330 g/mol. The van der Waals surface area contributed by atoms with Gasteiger partial charge in [-0.2, -0.15) is 4.80 Å². The fourth-order valence-corrected chi connectivity index (χ4v) is 2.72. The average Bonchev–Trinajstić information content (AvgIpc) is 2.95. The van der Waals surface area contributed by atoms with E-state index < -0.39 is 5.54 Å². The summed E-state index contributed by atoms with van der Waals surface area (Å²) in [5.41, 5.74) is 7.44. The number of hydrogen-bond donors (Lipinski definition) is 2. The smallest absolute Gasteiger partial charge is 0.244 e. The van der Waals surface area contributed by atoms with Crippen molar-refractivity contribution in [2.24, 2.45) is 11.7 Å². The SMILES string of the molecule is Cc1ccc(-c2nnn(CC(=O)NC(C)(CN)CC(C)C)n2)cc1. The molecule has 0 fully saturated rings. The predicted octanol–water partition coefficient (Wildman–Crippen LogP) is 1.53. The van der Waals surface area contributed by atoms with Gasteiger partial charge in [0.2, 0.25) is 11.7 Å². The van der Waals surface area contributed by atoms with E-state index in [2.05, 4.69) is 34.6 Å². The number of nitrogens with one attached hydrogen (secondary N) is 1. The molecule has 1 amide bonds. The lowest BCUT2D eigenvalue weighted by atomic mass is 9.91. The van der Waals surface area contributed by atoms with Crippen molar-refractivity contribution in [3.8, 4) is 11.4 Å². The van der Waals surface area contributed by atoms with Crippen LogP contribution in [0, 0.1) is 12.8 Å². The largest absolute Gasteiger partial charge is 0.348 e. The second kappa shape index (κ2) is 7.53. The first-order valence-corrected chi connectivity index (χ1v) is 8.17. The van der Waals surface area contributed by atoms with Crippen LogP contribution in [0.15, 0.2) is 24.3 Å². The van der Waals surface area contributed by atoms with Crippen LogP contribution in [0.1, 0.15) is 32.8 Å². The van der Waals surface area contributed by atoms with Crippen LogP contribution in [-0.2, 0) is 11.3 Å². The van der Waals surface area contributed by atoms with Crippen LogP contribution in [0.25, 0.3) is 11.4 Å². The summed E-state index contributed by atoms with van der Waals surface area (Å²) >= 11 is 0. The van der Waals surface area contributed by atoms with Gasteiger partial charge in [-0.25, -0.2) is 0 Å². The van der Waals surface area contributed by atoms with Crippen LogP contribution in [0.2, 0.25) is 0 Å². The zero-order valence-corrected chi connectivity index (χ0v) is 14.8. The van der Waals surface area contributed by atoms with Crippen LogP contribution >= 0.6 is 0 Å². The number of aryl methyl sites for hydroxylation is 1. The number of tetrazole rings is 1. The molecule has 3 N–H and O–H groups in total. The van der Waals surface area contributed by atoms with Gasteiger partial charge in [0.05, 0.1) is 0 Å². The van der Waals surface area contributed by atoms with Crippen molar-refractivity contribution < 1.29 is 4.79 Å². The molecule has 7 heteroatoms. The molecule has 2 rings (SSSR count). The predicted molar refractivity (Wildman–Crippen MR) is 93.0 cm³/mol. The van der Waals surface area contributed by atoms with Crippen LogP contribution in [0.4, 0.5) is 0 Å². The van der Waals surface area contributed by atoms with Gasteiger partial charge in [-0.05, 0) is 31.4 Å². The third kappa shape index (κ3) is 4.86. The topological polar surface area (TPSA) is 98.7 Å². The molecule has 0 radical (unpaired) electrons. The van der Waals surface area contributed by atoms with E-state index in [1.807, 2.05) is 38.1 Å². The van der Waals surface area contributed by atoms with Gasteiger partial charge < -0.3 is 11.1 Å². The van der Waals surface area contributed by atoms with Crippen LogP contribution in [0.5, 0.6) is 0 Å². The average molecular weight is 330 g/mol. The Bertz CT molecular complexity index is 679. The summed E-state index contributed by atoms with van der Waals surface area (Å²) in [7, 11) is 0. The van der Waals surface area contributed by atoms with E-state index in [1.165, 1.54) is 4.80 Å². The van der Waals surface area contributed by atoms with Crippen LogP contribution < -0.4 is 11.1 Å². The molecular formula is C17H26N6O. The number of benzene rings is 1. The van der Waals surface area contributed by atoms with Gasteiger partial charge in [-0.15, -0.1) is 10.2 Å². The molecule has 1 atom stereocenters. The molecule has 0 bridgehead atoms. The minimum Gasteiger partial charge on any atom is -0.348 e. The van der Waals surface area contributed by atoms with E-state index >= 15 is 0 Å². The highest BCUT2D eigenvalue weighted by Gasteiger charge is 2.26. The van der Waals surface area contributed by atoms with Gasteiger partial charge in [-0.3, -0.25) is 4.79 Å². The number of carbonyl (C=O) groups is 1. The van der Waals surface area contributed by atoms with Crippen molar-refractivity contribution in [2.75, 3.05) is 6.54 Å². The normalized spacial score (nSPS) is 13.8. The van der Waals surface area contributed by atoms with E-state index in [9.17, 15) is 4.79 Å². The number of hydrogen-bond acceptors (Lipinski definition) is 5. The van der Waals surface area contributed by atoms with E-state index in [-0.39, 0.29) is 12.5 Å². The summed E-state index contributed by atoms with van der Waals surface area (Å²) in [5.74, 6) is 0.777. The molecule has 0 saturated heterocycles. The lowest BCUT2D eigenvalue weighted by Gasteiger charge is -2.31. The Hall–Kier alpha value is -2.28. The lowest BCUT2D eigenvalue weighted by Crippen LogP contribution is -2.53. The number of nitrogens with two attached hydrogens (primary N) is 1. The van der Waals surface area contributed by atoms with Gasteiger partial charge in [0, 0.05) is 17.6 Å². The van der Waals surface area contributed by atoms with Crippen LogP contribution in [0.3, 0.4) is 0 Å². The molecule has 0 aliphatic heterocycles. The molecule has 1 unspecified atom stereocenters. The molecule has 0 spiro atoms. The molecular weight excluding hydrogens is 304 g/mol. The molecule has 0 aliphatic carbocycles. The Balaban J connectivity index is 2.01. The molecule has 130 valence electrons. The third-order valence-electron chi connectivity index (χ3n) is 3.80. The minimum atomic E-state index is -0.425. The maximum atomic E-state index is 12.3. The maximum Gasteiger partial charge on any atom is 0.244 e. The maximum absolute atomic E-state index is 12.3. The fourth-order valence-electron chi connectivity index (χ4n) is 2.72. The van der Waals surface area contributed by atoms with Crippen molar-refractivity contribution in [1.82, 2.24) is 25.5 Å². The summed E-state index contributed by atoms with van der Waals surface area (Å²) in [5, 5.41) is 15.2. The molecule has 1 aromatic heterocycles. The highest BCUT2D eigenvalue weighted by molar-refractivity contribution is 5.76. The molecule has 24 heavy (non-hydrogen) atoms.